The van der Waals surface area contributed by atoms with Gasteiger partial charge >= 0.3 is 0 Å². The largest absolute Gasteiger partial charge is 0.493 e. The molecule has 2 N–H and O–H groups in total. The third-order valence-electron chi connectivity index (χ3n) is 3.99. The Morgan fingerprint density at radius 1 is 1.00 bits per heavy atom. The molecule has 0 fully saturated rings. The first-order valence-corrected chi connectivity index (χ1v) is 8.66. The number of aryl methyl sites for hydroxylation is 1. The first-order chi connectivity index (χ1) is 13.2. The minimum atomic E-state index is 0.480. The fourth-order valence-corrected chi connectivity index (χ4v) is 2.66. The molecule has 0 saturated heterocycles. The van der Waals surface area contributed by atoms with Gasteiger partial charge < -0.3 is 20.1 Å². The van der Waals surface area contributed by atoms with E-state index in [1.165, 1.54) is 5.56 Å². The molecule has 0 aliphatic rings. The molecule has 0 aliphatic carbocycles. The number of hydrogen-bond donors (Lipinski definition) is 2. The molecule has 3 aromatic rings. The van der Waals surface area contributed by atoms with Crippen molar-refractivity contribution >= 4 is 17.5 Å². The molecule has 0 bridgehead atoms. The van der Waals surface area contributed by atoms with Crippen LogP contribution in [0.5, 0.6) is 11.5 Å². The molecule has 0 unspecified atom stereocenters. The van der Waals surface area contributed by atoms with Crippen LogP contribution in [0.2, 0.25) is 0 Å². The Morgan fingerprint density at radius 3 is 2.63 bits per heavy atom. The second-order valence-electron chi connectivity index (χ2n) is 6.03. The van der Waals surface area contributed by atoms with Gasteiger partial charge in [-0.2, -0.15) is 10.1 Å². The zero-order valence-corrected chi connectivity index (χ0v) is 15.7. The van der Waals surface area contributed by atoms with Gasteiger partial charge in [0.05, 0.1) is 20.4 Å². The van der Waals surface area contributed by atoms with E-state index in [1.807, 2.05) is 49.4 Å². The summed E-state index contributed by atoms with van der Waals surface area (Å²) in [7, 11) is 3.26. The predicted molar refractivity (Wildman–Crippen MR) is 106 cm³/mol. The summed E-state index contributed by atoms with van der Waals surface area (Å²) < 4.78 is 10.6. The Labute approximate surface area is 158 Å². The fourth-order valence-electron chi connectivity index (χ4n) is 2.66. The molecule has 140 valence electrons. The van der Waals surface area contributed by atoms with Crippen molar-refractivity contribution < 1.29 is 9.47 Å². The van der Waals surface area contributed by atoms with E-state index in [2.05, 4.69) is 25.8 Å². The van der Waals surface area contributed by atoms with Crippen molar-refractivity contribution in [1.82, 2.24) is 15.2 Å². The van der Waals surface area contributed by atoms with Crippen LogP contribution in [0.15, 0.2) is 48.7 Å². The number of aromatic nitrogens is 3. The van der Waals surface area contributed by atoms with Crippen molar-refractivity contribution in [1.29, 1.82) is 0 Å². The Hall–Kier alpha value is -3.35. The van der Waals surface area contributed by atoms with Crippen molar-refractivity contribution in [2.45, 2.75) is 13.3 Å². The van der Waals surface area contributed by atoms with Gasteiger partial charge in [-0.15, -0.1) is 5.10 Å². The average molecular weight is 365 g/mol. The molecule has 7 heteroatoms. The molecule has 0 radical (unpaired) electrons. The highest BCUT2D eigenvalue weighted by atomic mass is 16.5. The van der Waals surface area contributed by atoms with Crippen LogP contribution in [-0.4, -0.2) is 35.9 Å². The minimum absolute atomic E-state index is 0.480. The number of anilines is 3. The number of rotatable bonds is 8. The van der Waals surface area contributed by atoms with Crippen LogP contribution in [0.3, 0.4) is 0 Å². The standard InChI is InChI=1S/C20H23N5O2/c1-14-5-4-6-16(11-14)23-19-13-22-25-20(24-19)21-10-9-15-7-8-17(26-2)18(12-15)27-3/h4-8,11-13H,9-10H2,1-3H3,(H2,21,23,24,25). The van der Waals surface area contributed by atoms with E-state index in [4.69, 9.17) is 9.47 Å². The lowest BCUT2D eigenvalue weighted by Gasteiger charge is -2.10. The van der Waals surface area contributed by atoms with Crippen LogP contribution < -0.4 is 20.1 Å². The van der Waals surface area contributed by atoms with E-state index in [0.717, 1.165) is 29.2 Å². The lowest BCUT2D eigenvalue weighted by atomic mass is 10.1. The molecule has 0 saturated carbocycles. The van der Waals surface area contributed by atoms with Gasteiger partial charge in [0.25, 0.3) is 0 Å². The summed E-state index contributed by atoms with van der Waals surface area (Å²) in [5.41, 5.74) is 3.27. The van der Waals surface area contributed by atoms with Gasteiger partial charge in [-0.25, -0.2) is 0 Å². The maximum Gasteiger partial charge on any atom is 0.244 e. The summed E-state index contributed by atoms with van der Waals surface area (Å²) in [6.45, 7) is 2.72. The molecule has 27 heavy (non-hydrogen) atoms. The Morgan fingerprint density at radius 2 is 1.85 bits per heavy atom. The highest BCUT2D eigenvalue weighted by molar-refractivity contribution is 5.56. The van der Waals surface area contributed by atoms with E-state index < -0.39 is 0 Å². The summed E-state index contributed by atoms with van der Waals surface area (Å²) in [5.74, 6) is 2.56. The van der Waals surface area contributed by atoms with Crippen molar-refractivity contribution in [3.63, 3.8) is 0 Å². The van der Waals surface area contributed by atoms with Crippen LogP contribution >= 0.6 is 0 Å². The summed E-state index contributed by atoms with van der Waals surface area (Å²) >= 11 is 0. The first kappa shape index (κ1) is 18.4. The zero-order chi connectivity index (χ0) is 19.1. The third kappa shape index (κ3) is 5.07. The Kier molecular flexibility index (Phi) is 6.04. The molecule has 1 aromatic heterocycles. The van der Waals surface area contributed by atoms with Gasteiger partial charge in [-0.05, 0) is 48.7 Å². The lowest BCUT2D eigenvalue weighted by Crippen LogP contribution is -2.10. The molecule has 3 rings (SSSR count). The van der Waals surface area contributed by atoms with Gasteiger partial charge in [0.15, 0.2) is 17.3 Å². The quantitative estimate of drug-likeness (QED) is 0.631. The minimum Gasteiger partial charge on any atom is -0.493 e. The monoisotopic (exact) mass is 365 g/mol. The number of benzene rings is 2. The van der Waals surface area contributed by atoms with Crippen molar-refractivity contribution in [2.75, 3.05) is 31.4 Å². The summed E-state index contributed by atoms with van der Waals surface area (Å²) in [6, 6.07) is 14.0. The van der Waals surface area contributed by atoms with E-state index in [9.17, 15) is 0 Å². The van der Waals surface area contributed by atoms with Crippen molar-refractivity contribution in [3.05, 3.63) is 59.8 Å². The van der Waals surface area contributed by atoms with Gasteiger partial charge in [0.2, 0.25) is 5.95 Å². The predicted octanol–water partition coefficient (Wildman–Crippen LogP) is 3.60. The topological polar surface area (TPSA) is 81.2 Å². The smallest absolute Gasteiger partial charge is 0.244 e. The van der Waals surface area contributed by atoms with Crippen LogP contribution in [0, 0.1) is 6.92 Å². The number of ether oxygens (including phenoxy) is 2. The number of hydrogen-bond acceptors (Lipinski definition) is 7. The van der Waals surface area contributed by atoms with Gasteiger partial charge in [0.1, 0.15) is 0 Å². The molecular weight excluding hydrogens is 342 g/mol. The van der Waals surface area contributed by atoms with E-state index >= 15 is 0 Å². The van der Waals surface area contributed by atoms with Crippen LogP contribution in [0.4, 0.5) is 17.5 Å². The van der Waals surface area contributed by atoms with E-state index in [1.54, 1.807) is 20.4 Å². The molecule has 0 atom stereocenters. The second kappa shape index (κ2) is 8.84. The van der Waals surface area contributed by atoms with Crippen LogP contribution in [-0.2, 0) is 6.42 Å². The van der Waals surface area contributed by atoms with Crippen LogP contribution in [0.1, 0.15) is 11.1 Å². The average Bonchev–Trinajstić information content (AvgIpc) is 2.68. The molecule has 0 amide bonds. The fraction of sp³-hybridized carbons (Fsp3) is 0.250. The van der Waals surface area contributed by atoms with E-state index in [-0.39, 0.29) is 0 Å². The SMILES string of the molecule is COc1ccc(CCNc2nncc(Nc3cccc(C)c3)n2)cc1OC. The lowest BCUT2D eigenvalue weighted by molar-refractivity contribution is 0.354. The first-order valence-electron chi connectivity index (χ1n) is 8.66. The number of methoxy groups -OCH3 is 2. The maximum atomic E-state index is 5.33. The highest BCUT2D eigenvalue weighted by Gasteiger charge is 2.05. The Bertz CT molecular complexity index is 901. The molecule has 2 aromatic carbocycles. The molecular formula is C20H23N5O2. The summed E-state index contributed by atoms with van der Waals surface area (Å²) in [6.07, 6.45) is 2.39. The number of nitrogens with zero attached hydrogens (tertiary/aromatic N) is 3. The normalized spacial score (nSPS) is 10.3. The van der Waals surface area contributed by atoms with Crippen molar-refractivity contribution in [3.8, 4) is 11.5 Å². The summed E-state index contributed by atoms with van der Waals surface area (Å²) in [5, 5.41) is 14.5. The molecule has 0 spiro atoms. The molecule has 7 nitrogen and oxygen atoms in total. The van der Waals surface area contributed by atoms with Gasteiger partial charge in [-0.1, -0.05) is 18.2 Å². The van der Waals surface area contributed by atoms with Crippen LogP contribution in [0.25, 0.3) is 0 Å². The number of nitrogens with one attached hydrogen (secondary N) is 2. The summed E-state index contributed by atoms with van der Waals surface area (Å²) in [4.78, 5) is 4.45. The Balaban J connectivity index is 1.58. The molecule has 1 heterocycles. The van der Waals surface area contributed by atoms with Crippen molar-refractivity contribution in [2.24, 2.45) is 0 Å². The highest BCUT2D eigenvalue weighted by Crippen LogP contribution is 2.27. The van der Waals surface area contributed by atoms with E-state index in [0.29, 0.717) is 18.3 Å². The molecule has 0 aliphatic heterocycles. The maximum absolute atomic E-state index is 5.33. The van der Waals surface area contributed by atoms with Gasteiger partial charge in [-0.3, -0.25) is 0 Å². The third-order valence-corrected chi connectivity index (χ3v) is 3.99. The van der Waals surface area contributed by atoms with Gasteiger partial charge in [0, 0.05) is 12.2 Å². The second-order valence-corrected chi connectivity index (χ2v) is 6.03. The zero-order valence-electron chi connectivity index (χ0n) is 15.7.